The van der Waals surface area contributed by atoms with Crippen LogP contribution in [0.5, 0.6) is 0 Å². The molecule has 6 nitrogen and oxygen atoms in total. The summed E-state index contributed by atoms with van der Waals surface area (Å²) in [5, 5.41) is 11.7. The number of nitrogens with one attached hydrogen (secondary N) is 1. The monoisotopic (exact) mass is 370 g/mol. The number of ether oxygens (including phenoxy) is 1. The number of nitrogens with zero attached hydrogens (tertiary/aromatic N) is 3. The molecule has 1 aliphatic rings. The van der Waals surface area contributed by atoms with Gasteiger partial charge in [-0.25, -0.2) is 0 Å². The van der Waals surface area contributed by atoms with Crippen molar-refractivity contribution >= 4 is 11.6 Å². The molecule has 1 aromatic heterocycles. The minimum Gasteiger partial charge on any atom is -0.368 e. The number of aromatic nitrogens is 3. The molecule has 0 aliphatic heterocycles. The first kappa shape index (κ1) is 19.5. The van der Waals surface area contributed by atoms with E-state index in [0.717, 1.165) is 35.7 Å². The molecule has 0 atom stereocenters. The Hall–Kier alpha value is -2.21. The Labute approximate surface area is 161 Å². The maximum atomic E-state index is 12.4. The Kier molecular flexibility index (Phi) is 5.65. The molecule has 6 heteroatoms. The van der Waals surface area contributed by atoms with E-state index in [-0.39, 0.29) is 11.5 Å². The Morgan fingerprint density at radius 3 is 2.56 bits per heavy atom. The zero-order valence-corrected chi connectivity index (χ0v) is 17.0. The fourth-order valence-electron chi connectivity index (χ4n) is 3.06. The lowest BCUT2D eigenvalue weighted by Crippen LogP contribution is -2.20. The summed E-state index contributed by atoms with van der Waals surface area (Å²) in [4.78, 5) is 12.4. The van der Waals surface area contributed by atoms with Gasteiger partial charge in [0.2, 0.25) is 5.91 Å². The lowest BCUT2D eigenvalue weighted by Gasteiger charge is -2.19. The molecule has 1 amide bonds. The molecule has 0 saturated heterocycles. The fraction of sp³-hybridized carbons (Fsp3) is 0.571. The van der Waals surface area contributed by atoms with Crippen LogP contribution in [0.2, 0.25) is 0 Å². The van der Waals surface area contributed by atoms with Crippen LogP contribution >= 0.6 is 0 Å². The summed E-state index contributed by atoms with van der Waals surface area (Å²) in [6.07, 6.45) is 3.25. The van der Waals surface area contributed by atoms with E-state index in [1.807, 2.05) is 46.8 Å². The molecule has 0 unspecified atom stereocenters. The van der Waals surface area contributed by atoms with Gasteiger partial charge >= 0.3 is 0 Å². The molecule has 3 rings (SSSR count). The number of anilines is 1. The first-order valence-electron chi connectivity index (χ1n) is 9.66. The van der Waals surface area contributed by atoms with Gasteiger partial charge in [-0.05, 0) is 59.1 Å². The number of hydrogen-bond donors (Lipinski definition) is 1. The lowest BCUT2D eigenvalue weighted by atomic mass is 10.1. The molecule has 0 radical (unpaired) electrons. The Balaban J connectivity index is 1.62. The maximum Gasteiger partial charge on any atom is 0.224 e. The molecule has 0 spiro atoms. The highest BCUT2D eigenvalue weighted by atomic mass is 16.5. The largest absolute Gasteiger partial charge is 0.368 e. The van der Waals surface area contributed by atoms with Gasteiger partial charge in [0, 0.05) is 24.6 Å². The van der Waals surface area contributed by atoms with E-state index < -0.39 is 0 Å². The molecule has 1 aliphatic carbocycles. The van der Waals surface area contributed by atoms with Crippen molar-refractivity contribution in [3.8, 4) is 0 Å². The SMILES string of the molecule is Cc1ccc(NC(=O)CCc2nnc(COC(C)(C)C)n2C2CC2)c(C)c1. The summed E-state index contributed by atoms with van der Waals surface area (Å²) in [6.45, 7) is 10.6. The predicted molar refractivity (Wildman–Crippen MR) is 106 cm³/mol. The van der Waals surface area contributed by atoms with Crippen LogP contribution in [0.1, 0.15) is 68.9 Å². The second kappa shape index (κ2) is 7.80. The van der Waals surface area contributed by atoms with Crippen LogP contribution in [-0.2, 0) is 22.6 Å². The van der Waals surface area contributed by atoms with Gasteiger partial charge in [-0.3, -0.25) is 4.79 Å². The van der Waals surface area contributed by atoms with Gasteiger partial charge in [0.05, 0.1) is 5.60 Å². The predicted octanol–water partition coefficient (Wildman–Crippen LogP) is 4.12. The van der Waals surface area contributed by atoms with Crippen molar-refractivity contribution in [1.29, 1.82) is 0 Å². The summed E-state index contributed by atoms with van der Waals surface area (Å²) in [5.41, 5.74) is 2.92. The van der Waals surface area contributed by atoms with E-state index in [2.05, 4.69) is 26.1 Å². The highest BCUT2D eigenvalue weighted by Gasteiger charge is 2.30. The number of amides is 1. The van der Waals surface area contributed by atoms with Crippen molar-refractivity contribution in [3.63, 3.8) is 0 Å². The van der Waals surface area contributed by atoms with Crippen LogP contribution in [0.3, 0.4) is 0 Å². The van der Waals surface area contributed by atoms with Gasteiger partial charge in [-0.2, -0.15) is 0 Å². The van der Waals surface area contributed by atoms with Gasteiger partial charge in [0.25, 0.3) is 0 Å². The quantitative estimate of drug-likeness (QED) is 0.796. The average Bonchev–Trinajstić information content (AvgIpc) is 3.33. The maximum absolute atomic E-state index is 12.4. The molecular formula is C21H30N4O2. The minimum atomic E-state index is -0.216. The molecule has 1 heterocycles. The van der Waals surface area contributed by atoms with Crippen LogP contribution in [0.25, 0.3) is 0 Å². The molecule has 27 heavy (non-hydrogen) atoms. The zero-order valence-electron chi connectivity index (χ0n) is 17.0. The van der Waals surface area contributed by atoms with E-state index in [0.29, 0.717) is 25.5 Å². The second-order valence-corrected chi connectivity index (χ2v) is 8.40. The first-order chi connectivity index (χ1) is 12.7. The molecule has 2 aromatic rings. The third-order valence-electron chi connectivity index (χ3n) is 4.61. The average molecular weight is 370 g/mol. The number of hydrogen-bond acceptors (Lipinski definition) is 4. The molecule has 1 aromatic carbocycles. The molecule has 146 valence electrons. The molecule has 1 fully saturated rings. The Morgan fingerprint density at radius 2 is 1.93 bits per heavy atom. The highest BCUT2D eigenvalue weighted by molar-refractivity contribution is 5.91. The fourth-order valence-corrected chi connectivity index (χ4v) is 3.06. The first-order valence-corrected chi connectivity index (χ1v) is 9.66. The van der Waals surface area contributed by atoms with Crippen LogP contribution < -0.4 is 5.32 Å². The van der Waals surface area contributed by atoms with E-state index >= 15 is 0 Å². The van der Waals surface area contributed by atoms with Crippen LogP contribution in [0.15, 0.2) is 18.2 Å². The van der Waals surface area contributed by atoms with E-state index in [4.69, 9.17) is 4.74 Å². The smallest absolute Gasteiger partial charge is 0.224 e. The summed E-state index contributed by atoms with van der Waals surface area (Å²) in [5.74, 6) is 1.73. The van der Waals surface area contributed by atoms with Gasteiger partial charge in [0.15, 0.2) is 5.82 Å². The summed E-state index contributed by atoms with van der Waals surface area (Å²) < 4.78 is 8.05. The van der Waals surface area contributed by atoms with Crippen molar-refractivity contribution in [3.05, 3.63) is 41.0 Å². The van der Waals surface area contributed by atoms with Gasteiger partial charge in [-0.1, -0.05) is 17.7 Å². The Morgan fingerprint density at radius 1 is 1.22 bits per heavy atom. The van der Waals surface area contributed by atoms with Gasteiger partial charge in [-0.15, -0.1) is 10.2 Å². The summed E-state index contributed by atoms with van der Waals surface area (Å²) in [7, 11) is 0. The standard InChI is InChI=1S/C21H30N4O2/c1-14-6-9-17(15(2)12-14)22-20(26)11-10-18-23-24-19(13-27-21(3,4)5)25(18)16-7-8-16/h6,9,12,16H,7-8,10-11,13H2,1-5H3,(H,22,26). The van der Waals surface area contributed by atoms with Gasteiger partial charge < -0.3 is 14.6 Å². The topological polar surface area (TPSA) is 69.0 Å². The number of benzene rings is 1. The van der Waals surface area contributed by atoms with E-state index in [1.165, 1.54) is 5.56 Å². The van der Waals surface area contributed by atoms with Crippen molar-refractivity contribution in [1.82, 2.24) is 14.8 Å². The van der Waals surface area contributed by atoms with Crippen molar-refractivity contribution < 1.29 is 9.53 Å². The third-order valence-corrected chi connectivity index (χ3v) is 4.61. The molecule has 0 bridgehead atoms. The van der Waals surface area contributed by atoms with E-state index in [9.17, 15) is 4.79 Å². The van der Waals surface area contributed by atoms with Crippen molar-refractivity contribution in [2.24, 2.45) is 0 Å². The lowest BCUT2D eigenvalue weighted by molar-refractivity contribution is -0.116. The van der Waals surface area contributed by atoms with E-state index in [1.54, 1.807) is 0 Å². The zero-order chi connectivity index (χ0) is 19.6. The summed E-state index contributed by atoms with van der Waals surface area (Å²) in [6, 6.07) is 6.49. The van der Waals surface area contributed by atoms with Gasteiger partial charge in [0.1, 0.15) is 12.4 Å². The number of carbonyl (C=O) groups excluding carboxylic acids is 1. The minimum absolute atomic E-state index is 0.000193. The van der Waals surface area contributed by atoms with Crippen LogP contribution in [-0.4, -0.2) is 26.3 Å². The normalized spacial score (nSPS) is 14.4. The summed E-state index contributed by atoms with van der Waals surface area (Å²) >= 11 is 0. The Bertz CT molecular complexity index is 816. The van der Waals surface area contributed by atoms with Crippen molar-refractivity contribution in [2.75, 3.05) is 5.32 Å². The molecular weight excluding hydrogens is 340 g/mol. The van der Waals surface area contributed by atoms with Crippen LogP contribution in [0.4, 0.5) is 5.69 Å². The highest BCUT2D eigenvalue weighted by Crippen LogP contribution is 2.37. The number of rotatable bonds is 7. The number of aryl methyl sites for hydroxylation is 3. The molecule has 1 saturated carbocycles. The second-order valence-electron chi connectivity index (χ2n) is 8.40. The van der Waals surface area contributed by atoms with Crippen molar-refractivity contribution in [2.45, 2.75) is 78.6 Å². The third kappa shape index (κ3) is 5.39. The molecule has 1 N–H and O–H groups in total. The number of carbonyl (C=O) groups is 1. The van der Waals surface area contributed by atoms with Crippen LogP contribution in [0, 0.1) is 13.8 Å².